The minimum absolute atomic E-state index is 0.105. The zero-order valence-electron chi connectivity index (χ0n) is 17.6. The summed E-state index contributed by atoms with van der Waals surface area (Å²) in [5.74, 6) is 0.0505. The van der Waals surface area contributed by atoms with Gasteiger partial charge in [0.2, 0.25) is 5.91 Å². The lowest BCUT2D eigenvalue weighted by Gasteiger charge is -2.31. The summed E-state index contributed by atoms with van der Waals surface area (Å²) in [5.41, 5.74) is 1.86. The first-order chi connectivity index (χ1) is 14.5. The van der Waals surface area contributed by atoms with Crippen LogP contribution in [0.1, 0.15) is 28.8 Å². The molecule has 0 saturated carbocycles. The van der Waals surface area contributed by atoms with Crippen molar-refractivity contribution in [3.05, 3.63) is 53.6 Å². The minimum atomic E-state index is -0.552. The summed E-state index contributed by atoms with van der Waals surface area (Å²) in [5, 5.41) is 2.89. The number of hydrogen-bond donors (Lipinski definition) is 1. The zero-order chi connectivity index (χ0) is 21.5. The van der Waals surface area contributed by atoms with Crippen LogP contribution in [-0.4, -0.2) is 51.2 Å². The van der Waals surface area contributed by atoms with E-state index in [1.165, 1.54) is 33.0 Å². The lowest BCUT2D eigenvalue weighted by atomic mass is 9.95. The Kier molecular flexibility index (Phi) is 7.30. The molecule has 1 aliphatic heterocycles. The van der Waals surface area contributed by atoms with Gasteiger partial charge in [0.15, 0.2) is 11.5 Å². The highest BCUT2D eigenvalue weighted by atomic mass is 16.5. The second kappa shape index (κ2) is 10.1. The Hall–Kier alpha value is -3.06. The van der Waals surface area contributed by atoms with Crippen LogP contribution in [0.3, 0.4) is 0 Å². The number of likely N-dealkylation sites (tertiary alicyclic amines) is 1. The summed E-state index contributed by atoms with van der Waals surface area (Å²) in [7, 11) is 4.29. The smallest absolute Gasteiger partial charge is 0.340 e. The van der Waals surface area contributed by atoms with Crippen molar-refractivity contribution in [2.24, 2.45) is 5.92 Å². The van der Waals surface area contributed by atoms with Crippen molar-refractivity contribution < 1.29 is 23.8 Å². The van der Waals surface area contributed by atoms with Crippen molar-refractivity contribution in [1.29, 1.82) is 0 Å². The van der Waals surface area contributed by atoms with Crippen LogP contribution in [0, 0.1) is 5.92 Å². The van der Waals surface area contributed by atoms with E-state index in [0.29, 0.717) is 17.2 Å². The van der Waals surface area contributed by atoms with Crippen molar-refractivity contribution in [2.45, 2.75) is 19.4 Å². The van der Waals surface area contributed by atoms with Gasteiger partial charge in [-0.1, -0.05) is 30.3 Å². The van der Waals surface area contributed by atoms with Gasteiger partial charge in [0, 0.05) is 24.6 Å². The van der Waals surface area contributed by atoms with E-state index in [4.69, 9.17) is 14.2 Å². The number of piperidine rings is 1. The average Bonchev–Trinajstić information content (AvgIpc) is 2.79. The highest BCUT2D eigenvalue weighted by Crippen LogP contribution is 2.34. The van der Waals surface area contributed by atoms with Gasteiger partial charge in [0.05, 0.1) is 32.6 Å². The van der Waals surface area contributed by atoms with E-state index in [-0.39, 0.29) is 17.4 Å². The Bertz CT molecular complexity index is 877. The fraction of sp³-hybridized carbons (Fsp3) is 0.391. The molecule has 1 saturated heterocycles. The molecule has 1 amide bonds. The summed E-state index contributed by atoms with van der Waals surface area (Å²) in [4.78, 5) is 27.5. The summed E-state index contributed by atoms with van der Waals surface area (Å²) >= 11 is 0. The fourth-order valence-electron chi connectivity index (χ4n) is 3.69. The Morgan fingerprint density at radius 3 is 2.23 bits per heavy atom. The number of rotatable bonds is 7. The molecule has 3 rings (SSSR count). The molecule has 160 valence electrons. The molecule has 7 heteroatoms. The minimum Gasteiger partial charge on any atom is -0.493 e. The third-order valence-corrected chi connectivity index (χ3v) is 5.39. The molecular weight excluding hydrogens is 384 g/mol. The summed E-state index contributed by atoms with van der Waals surface area (Å²) in [6, 6.07) is 13.4. The Balaban J connectivity index is 1.66. The van der Waals surface area contributed by atoms with Crippen LogP contribution in [0.2, 0.25) is 0 Å². The third kappa shape index (κ3) is 5.10. The maximum absolute atomic E-state index is 12.9. The first-order valence-corrected chi connectivity index (χ1v) is 9.97. The van der Waals surface area contributed by atoms with Gasteiger partial charge < -0.3 is 19.5 Å². The number of esters is 1. The molecule has 0 bridgehead atoms. The Morgan fingerprint density at radius 1 is 1.00 bits per heavy atom. The standard InChI is InChI=1S/C23H28N2O5/c1-28-20-13-18(23(27)30-3)19(14-21(20)29-2)24-22(26)17-9-11-25(12-10-17)15-16-7-5-4-6-8-16/h4-8,13-14,17H,9-12,15H2,1-3H3,(H,24,26). The summed E-state index contributed by atoms with van der Waals surface area (Å²) < 4.78 is 15.4. The number of carbonyl (C=O) groups is 2. The van der Waals surface area contributed by atoms with E-state index in [9.17, 15) is 9.59 Å². The van der Waals surface area contributed by atoms with E-state index in [0.717, 1.165) is 32.5 Å². The molecule has 30 heavy (non-hydrogen) atoms. The maximum Gasteiger partial charge on any atom is 0.340 e. The second-order valence-electron chi connectivity index (χ2n) is 7.27. The van der Waals surface area contributed by atoms with Gasteiger partial charge in [-0.15, -0.1) is 0 Å². The molecular formula is C23H28N2O5. The van der Waals surface area contributed by atoms with E-state index in [1.807, 2.05) is 18.2 Å². The SMILES string of the molecule is COC(=O)c1cc(OC)c(OC)cc1NC(=O)C1CCN(Cc2ccccc2)CC1. The average molecular weight is 412 g/mol. The summed E-state index contributed by atoms with van der Waals surface area (Å²) in [6.45, 7) is 2.59. The van der Waals surface area contributed by atoms with Gasteiger partial charge in [-0.05, 0) is 31.5 Å². The van der Waals surface area contributed by atoms with Gasteiger partial charge in [0.25, 0.3) is 0 Å². The number of hydrogen-bond acceptors (Lipinski definition) is 6. The van der Waals surface area contributed by atoms with Crippen molar-refractivity contribution in [3.8, 4) is 11.5 Å². The number of nitrogens with zero attached hydrogens (tertiary/aromatic N) is 1. The number of nitrogens with one attached hydrogen (secondary N) is 1. The number of carbonyl (C=O) groups excluding carboxylic acids is 2. The van der Waals surface area contributed by atoms with Crippen molar-refractivity contribution in [1.82, 2.24) is 4.90 Å². The van der Waals surface area contributed by atoms with Crippen LogP contribution in [0.4, 0.5) is 5.69 Å². The second-order valence-corrected chi connectivity index (χ2v) is 7.27. The van der Waals surface area contributed by atoms with Gasteiger partial charge in [-0.3, -0.25) is 9.69 Å². The number of benzene rings is 2. The van der Waals surface area contributed by atoms with Gasteiger partial charge in [0.1, 0.15) is 0 Å². The van der Waals surface area contributed by atoms with Crippen LogP contribution in [0.5, 0.6) is 11.5 Å². The van der Waals surface area contributed by atoms with Crippen molar-refractivity contribution >= 4 is 17.6 Å². The Labute approximate surface area is 176 Å². The van der Waals surface area contributed by atoms with E-state index < -0.39 is 5.97 Å². The predicted molar refractivity (Wildman–Crippen MR) is 114 cm³/mol. The molecule has 2 aromatic rings. The van der Waals surface area contributed by atoms with Crippen molar-refractivity contribution in [3.63, 3.8) is 0 Å². The molecule has 0 unspecified atom stereocenters. The van der Waals surface area contributed by atoms with Crippen LogP contribution in [-0.2, 0) is 16.1 Å². The molecule has 2 aromatic carbocycles. The monoisotopic (exact) mass is 412 g/mol. The number of methoxy groups -OCH3 is 3. The maximum atomic E-state index is 12.9. The fourth-order valence-corrected chi connectivity index (χ4v) is 3.69. The van der Waals surface area contributed by atoms with E-state index >= 15 is 0 Å². The molecule has 1 heterocycles. The largest absolute Gasteiger partial charge is 0.493 e. The highest BCUT2D eigenvalue weighted by molar-refractivity contribution is 6.02. The molecule has 0 radical (unpaired) electrons. The molecule has 0 aromatic heterocycles. The molecule has 1 N–H and O–H groups in total. The van der Waals surface area contributed by atoms with Crippen LogP contribution in [0.15, 0.2) is 42.5 Å². The van der Waals surface area contributed by atoms with Crippen LogP contribution in [0.25, 0.3) is 0 Å². The first kappa shape index (κ1) is 21.6. The quantitative estimate of drug-likeness (QED) is 0.703. The van der Waals surface area contributed by atoms with E-state index in [2.05, 4.69) is 22.3 Å². The first-order valence-electron chi connectivity index (χ1n) is 9.97. The Morgan fingerprint density at radius 2 is 1.63 bits per heavy atom. The third-order valence-electron chi connectivity index (χ3n) is 5.39. The summed E-state index contributed by atoms with van der Waals surface area (Å²) in [6.07, 6.45) is 1.53. The molecule has 7 nitrogen and oxygen atoms in total. The molecule has 0 atom stereocenters. The number of amides is 1. The molecule has 1 aliphatic rings. The lowest BCUT2D eigenvalue weighted by Crippen LogP contribution is -2.37. The molecule has 0 aliphatic carbocycles. The van der Waals surface area contributed by atoms with Crippen molar-refractivity contribution in [2.75, 3.05) is 39.7 Å². The predicted octanol–water partition coefficient (Wildman–Crippen LogP) is 3.34. The number of ether oxygens (including phenoxy) is 3. The van der Waals surface area contributed by atoms with Gasteiger partial charge in [-0.2, -0.15) is 0 Å². The van der Waals surface area contributed by atoms with E-state index in [1.54, 1.807) is 6.07 Å². The zero-order valence-corrected chi connectivity index (χ0v) is 17.6. The number of anilines is 1. The highest BCUT2D eigenvalue weighted by Gasteiger charge is 2.27. The lowest BCUT2D eigenvalue weighted by molar-refractivity contribution is -0.121. The normalized spacial score (nSPS) is 14.8. The van der Waals surface area contributed by atoms with Crippen LogP contribution >= 0.6 is 0 Å². The van der Waals surface area contributed by atoms with Crippen LogP contribution < -0.4 is 14.8 Å². The topological polar surface area (TPSA) is 77.1 Å². The molecule has 1 fully saturated rings. The van der Waals surface area contributed by atoms with Gasteiger partial charge >= 0.3 is 5.97 Å². The van der Waals surface area contributed by atoms with Gasteiger partial charge in [-0.25, -0.2) is 4.79 Å². The molecule has 0 spiro atoms.